The second-order valence-electron chi connectivity index (χ2n) is 5.72. The van der Waals surface area contributed by atoms with Crippen LogP contribution in [0.25, 0.3) is 0 Å². The Morgan fingerprint density at radius 3 is 2.75 bits per heavy atom. The van der Waals surface area contributed by atoms with Crippen LogP contribution in [-0.4, -0.2) is 61.4 Å². The fourth-order valence-corrected chi connectivity index (χ4v) is 3.03. The molecule has 2 aliphatic rings. The molecule has 1 heterocycles. The van der Waals surface area contributed by atoms with E-state index in [0.29, 0.717) is 26.3 Å². The van der Waals surface area contributed by atoms with Crippen LogP contribution in [0.1, 0.15) is 32.1 Å². The lowest BCUT2D eigenvalue weighted by Crippen LogP contribution is -2.54. The van der Waals surface area contributed by atoms with Crippen LogP contribution in [0.15, 0.2) is 0 Å². The second kappa shape index (κ2) is 6.54. The number of methoxy groups -OCH3 is 1. The van der Waals surface area contributed by atoms with E-state index in [1.165, 1.54) is 0 Å². The Hall–Kier alpha value is -1.14. The van der Waals surface area contributed by atoms with Gasteiger partial charge in [-0.25, -0.2) is 0 Å². The lowest BCUT2D eigenvalue weighted by Gasteiger charge is -2.45. The van der Waals surface area contributed by atoms with Crippen LogP contribution in [0.2, 0.25) is 0 Å². The highest BCUT2D eigenvalue weighted by molar-refractivity contribution is 5.83. The van der Waals surface area contributed by atoms with Gasteiger partial charge < -0.3 is 19.5 Å². The molecule has 1 atom stereocenters. The third kappa shape index (κ3) is 3.30. The van der Waals surface area contributed by atoms with E-state index in [2.05, 4.69) is 0 Å². The van der Waals surface area contributed by atoms with Gasteiger partial charge in [0, 0.05) is 26.8 Å². The number of carboxylic acid groups (broad SMARTS) is 1. The molecule has 0 aromatic carbocycles. The van der Waals surface area contributed by atoms with Gasteiger partial charge >= 0.3 is 5.97 Å². The summed E-state index contributed by atoms with van der Waals surface area (Å²) in [5.41, 5.74) is -0.277. The highest BCUT2D eigenvalue weighted by atomic mass is 16.5. The van der Waals surface area contributed by atoms with Crippen LogP contribution in [0.4, 0.5) is 0 Å². The first-order valence-corrected chi connectivity index (χ1v) is 7.19. The monoisotopic (exact) mass is 285 g/mol. The molecule has 0 spiro atoms. The smallest absolute Gasteiger partial charge is 0.306 e. The summed E-state index contributed by atoms with van der Waals surface area (Å²) < 4.78 is 10.5. The number of aliphatic carboxylic acids is 1. The number of ether oxygens (including phenoxy) is 2. The number of morpholine rings is 1. The number of carbonyl (C=O) groups excluding carboxylic acids is 1. The number of carbonyl (C=O) groups is 2. The first-order chi connectivity index (χ1) is 9.57. The van der Waals surface area contributed by atoms with Gasteiger partial charge in [0.1, 0.15) is 0 Å². The van der Waals surface area contributed by atoms with Crippen LogP contribution in [0.5, 0.6) is 0 Å². The predicted octanol–water partition coefficient (Wildman–Crippen LogP) is 0.895. The summed E-state index contributed by atoms with van der Waals surface area (Å²) in [6.45, 7) is 1.96. The quantitative estimate of drug-likeness (QED) is 0.784. The number of hydrogen-bond acceptors (Lipinski definition) is 4. The van der Waals surface area contributed by atoms with E-state index in [1.807, 2.05) is 0 Å². The second-order valence-corrected chi connectivity index (χ2v) is 5.72. The van der Waals surface area contributed by atoms with Crippen LogP contribution >= 0.6 is 0 Å². The van der Waals surface area contributed by atoms with Crippen molar-refractivity contribution in [2.24, 2.45) is 5.41 Å². The van der Waals surface area contributed by atoms with Crippen molar-refractivity contribution in [1.29, 1.82) is 0 Å². The van der Waals surface area contributed by atoms with Crippen molar-refractivity contribution >= 4 is 11.9 Å². The Bertz CT molecular complexity index is 367. The average Bonchev–Trinajstić information content (AvgIpc) is 2.37. The van der Waals surface area contributed by atoms with Crippen molar-refractivity contribution in [2.45, 2.75) is 38.2 Å². The first-order valence-electron chi connectivity index (χ1n) is 7.19. The minimum atomic E-state index is -0.887. The van der Waals surface area contributed by atoms with E-state index in [1.54, 1.807) is 12.0 Å². The third-order valence-corrected chi connectivity index (χ3v) is 4.38. The largest absolute Gasteiger partial charge is 0.481 e. The standard InChI is InChI=1S/C14H23NO5/c1-19-7-5-14(3-2-4-14)13(18)15-6-8-20-11(10-15)9-12(16)17/h11H,2-10H2,1H3,(H,16,17). The summed E-state index contributed by atoms with van der Waals surface area (Å²) in [4.78, 5) is 25.2. The molecule has 0 aromatic heterocycles. The summed E-state index contributed by atoms with van der Waals surface area (Å²) in [6.07, 6.45) is 3.23. The molecule has 0 bridgehead atoms. The minimum absolute atomic E-state index is 0.0468. The molecule has 2 rings (SSSR count). The minimum Gasteiger partial charge on any atom is -0.481 e. The molecule has 1 unspecified atom stereocenters. The van der Waals surface area contributed by atoms with E-state index in [9.17, 15) is 9.59 Å². The van der Waals surface area contributed by atoms with Crippen molar-refractivity contribution in [3.8, 4) is 0 Å². The van der Waals surface area contributed by atoms with Gasteiger partial charge in [0.05, 0.1) is 24.5 Å². The highest BCUT2D eigenvalue weighted by Gasteiger charge is 2.46. The molecule has 1 amide bonds. The van der Waals surface area contributed by atoms with Crippen LogP contribution in [0.3, 0.4) is 0 Å². The third-order valence-electron chi connectivity index (χ3n) is 4.38. The molecule has 1 aliphatic carbocycles. The van der Waals surface area contributed by atoms with E-state index in [4.69, 9.17) is 14.6 Å². The van der Waals surface area contributed by atoms with E-state index >= 15 is 0 Å². The van der Waals surface area contributed by atoms with Gasteiger partial charge in [0.2, 0.25) is 5.91 Å². The predicted molar refractivity (Wildman–Crippen MR) is 71.3 cm³/mol. The fraction of sp³-hybridized carbons (Fsp3) is 0.857. The Balaban J connectivity index is 1.95. The molecule has 6 nitrogen and oxygen atoms in total. The van der Waals surface area contributed by atoms with Gasteiger partial charge in [0.15, 0.2) is 0 Å². The van der Waals surface area contributed by atoms with Gasteiger partial charge in [-0.3, -0.25) is 9.59 Å². The Labute approximate surface area is 119 Å². The lowest BCUT2D eigenvalue weighted by atomic mass is 9.65. The Morgan fingerprint density at radius 1 is 1.45 bits per heavy atom. The number of amides is 1. The molecule has 20 heavy (non-hydrogen) atoms. The zero-order valence-electron chi connectivity index (χ0n) is 12.0. The SMILES string of the molecule is COCCC1(C(=O)N2CCOC(CC(=O)O)C2)CCC1. The normalized spacial score (nSPS) is 25.1. The molecule has 0 radical (unpaired) electrons. The van der Waals surface area contributed by atoms with Gasteiger partial charge in [-0.05, 0) is 19.3 Å². The summed E-state index contributed by atoms with van der Waals surface area (Å²) >= 11 is 0. The van der Waals surface area contributed by atoms with Crippen molar-refractivity contribution in [3.63, 3.8) is 0 Å². The number of rotatable bonds is 6. The topological polar surface area (TPSA) is 76.1 Å². The zero-order chi connectivity index (χ0) is 14.6. The number of nitrogens with zero attached hydrogens (tertiary/aromatic N) is 1. The number of hydrogen-bond donors (Lipinski definition) is 1. The molecule has 1 saturated carbocycles. The van der Waals surface area contributed by atoms with Crippen molar-refractivity contribution in [2.75, 3.05) is 33.4 Å². The molecular formula is C14H23NO5. The van der Waals surface area contributed by atoms with Crippen LogP contribution < -0.4 is 0 Å². The Morgan fingerprint density at radius 2 is 2.20 bits per heavy atom. The highest BCUT2D eigenvalue weighted by Crippen LogP contribution is 2.45. The van der Waals surface area contributed by atoms with Crippen molar-refractivity contribution in [1.82, 2.24) is 4.90 Å². The molecule has 114 valence electrons. The van der Waals surface area contributed by atoms with Gasteiger partial charge in [0.25, 0.3) is 0 Å². The molecular weight excluding hydrogens is 262 g/mol. The molecule has 2 fully saturated rings. The van der Waals surface area contributed by atoms with Crippen molar-refractivity contribution < 1.29 is 24.2 Å². The maximum Gasteiger partial charge on any atom is 0.306 e. The zero-order valence-corrected chi connectivity index (χ0v) is 12.0. The summed E-state index contributed by atoms with van der Waals surface area (Å²) in [5, 5.41) is 8.82. The van der Waals surface area contributed by atoms with Crippen molar-refractivity contribution in [3.05, 3.63) is 0 Å². The van der Waals surface area contributed by atoms with Gasteiger partial charge in [-0.2, -0.15) is 0 Å². The van der Waals surface area contributed by atoms with E-state index in [0.717, 1.165) is 25.7 Å². The van der Waals surface area contributed by atoms with Crippen LogP contribution in [-0.2, 0) is 19.1 Å². The molecule has 1 N–H and O–H groups in total. The van der Waals surface area contributed by atoms with E-state index in [-0.39, 0.29) is 23.8 Å². The average molecular weight is 285 g/mol. The van der Waals surface area contributed by atoms with Gasteiger partial charge in [-0.1, -0.05) is 6.42 Å². The maximum atomic E-state index is 12.7. The fourth-order valence-electron chi connectivity index (χ4n) is 3.03. The summed E-state index contributed by atoms with van der Waals surface area (Å²) in [6, 6.07) is 0. The molecule has 1 aliphatic heterocycles. The Kier molecular flexibility index (Phi) is 4.99. The van der Waals surface area contributed by atoms with Gasteiger partial charge in [-0.15, -0.1) is 0 Å². The van der Waals surface area contributed by atoms with Crippen LogP contribution in [0, 0.1) is 5.41 Å². The molecule has 1 saturated heterocycles. The molecule has 6 heteroatoms. The molecule has 0 aromatic rings. The lowest BCUT2D eigenvalue weighted by molar-refractivity contribution is -0.159. The first kappa shape index (κ1) is 15.3. The summed E-state index contributed by atoms with van der Waals surface area (Å²) in [5.74, 6) is -0.735. The van der Waals surface area contributed by atoms with E-state index < -0.39 is 5.97 Å². The summed E-state index contributed by atoms with van der Waals surface area (Å²) in [7, 11) is 1.65. The number of carboxylic acids is 1. The maximum absolute atomic E-state index is 12.7.